The summed E-state index contributed by atoms with van der Waals surface area (Å²) in [4.78, 5) is 35.5. The molecule has 0 radical (unpaired) electrons. The standard InChI is InChI=1S/C16H19NO4S/c18-14(17-16(20)13-2-1-5-22-13)9-21-15(19)8-12-7-10-3-4-11(12)6-10/h1-2,5,10-12H,3-4,6-9H2,(H,17,18,20)/t10-,11+,12-/m0/s1. The van der Waals surface area contributed by atoms with Crippen molar-refractivity contribution in [1.82, 2.24) is 5.32 Å². The maximum Gasteiger partial charge on any atom is 0.306 e. The van der Waals surface area contributed by atoms with Crippen LogP contribution in [0.4, 0.5) is 0 Å². The summed E-state index contributed by atoms with van der Waals surface area (Å²) in [5.74, 6) is 0.489. The van der Waals surface area contributed by atoms with Gasteiger partial charge in [0.15, 0.2) is 6.61 Å². The van der Waals surface area contributed by atoms with Crippen LogP contribution < -0.4 is 5.32 Å². The number of carbonyl (C=O) groups excluding carboxylic acids is 3. The molecule has 3 atom stereocenters. The summed E-state index contributed by atoms with van der Waals surface area (Å²) in [5, 5.41) is 3.97. The Morgan fingerprint density at radius 3 is 2.77 bits per heavy atom. The minimum Gasteiger partial charge on any atom is -0.456 e. The molecule has 1 N–H and O–H groups in total. The van der Waals surface area contributed by atoms with Crippen molar-refractivity contribution in [3.05, 3.63) is 22.4 Å². The maximum absolute atomic E-state index is 11.8. The topological polar surface area (TPSA) is 72.5 Å². The van der Waals surface area contributed by atoms with Crippen LogP contribution >= 0.6 is 11.3 Å². The van der Waals surface area contributed by atoms with E-state index in [1.807, 2.05) is 0 Å². The van der Waals surface area contributed by atoms with Crippen LogP contribution in [0.15, 0.2) is 17.5 Å². The molecule has 1 aromatic rings. The van der Waals surface area contributed by atoms with Gasteiger partial charge in [-0.15, -0.1) is 11.3 Å². The Labute approximate surface area is 133 Å². The van der Waals surface area contributed by atoms with Gasteiger partial charge in [-0.1, -0.05) is 12.5 Å². The van der Waals surface area contributed by atoms with Crippen LogP contribution in [0.5, 0.6) is 0 Å². The minimum absolute atomic E-state index is 0.337. The fourth-order valence-corrected chi connectivity index (χ4v) is 4.30. The van der Waals surface area contributed by atoms with Gasteiger partial charge >= 0.3 is 5.97 Å². The largest absolute Gasteiger partial charge is 0.456 e. The predicted molar refractivity (Wildman–Crippen MR) is 81.3 cm³/mol. The van der Waals surface area contributed by atoms with E-state index in [1.165, 1.54) is 30.6 Å². The molecule has 0 spiro atoms. The zero-order valence-corrected chi connectivity index (χ0v) is 13.1. The lowest BCUT2D eigenvalue weighted by Gasteiger charge is -2.20. The molecular weight excluding hydrogens is 302 g/mol. The summed E-state index contributed by atoms with van der Waals surface area (Å²) in [6, 6.07) is 3.37. The summed E-state index contributed by atoms with van der Waals surface area (Å²) in [6.45, 7) is -0.392. The molecule has 0 saturated heterocycles. The average Bonchev–Trinajstić information content (AvgIpc) is 3.22. The number of nitrogens with one attached hydrogen (secondary N) is 1. The SMILES string of the molecule is O=C(COC(=O)C[C@@H]1C[C@H]2CC[C@@H]1C2)NC(=O)c1cccs1. The highest BCUT2D eigenvalue weighted by atomic mass is 32.1. The molecule has 3 rings (SSSR count). The molecule has 5 nitrogen and oxygen atoms in total. The number of carbonyl (C=O) groups is 3. The van der Waals surface area contributed by atoms with Gasteiger partial charge in [0.2, 0.25) is 0 Å². The van der Waals surface area contributed by atoms with E-state index in [2.05, 4.69) is 5.32 Å². The third-order valence-corrected chi connectivity index (χ3v) is 5.54. The van der Waals surface area contributed by atoms with Crippen LogP contribution in [-0.2, 0) is 14.3 Å². The molecule has 2 fully saturated rings. The molecule has 118 valence electrons. The van der Waals surface area contributed by atoms with E-state index >= 15 is 0 Å². The number of thiophene rings is 1. The van der Waals surface area contributed by atoms with Crippen LogP contribution in [0.1, 0.15) is 41.8 Å². The van der Waals surface area contributed by atoms with Crippen molar-refractivity contribution in [2.45, 2.75) is 32.1 Å². The molecule has 22 heavy (non-hydrogen) atoms. The number of fused-ring (bicyclic) bond motifs is 2. The highest BCUT2D eigenvalue weighted by molar-refractivity contribution is 7.12. The van der Waals surface area contributed by atoms with Gasteiger partial charge in [-0.25, -0.2) is 0 Å². The summed E-state index contributed by atoms with van der Waals surface area (Å²) >= 11 is 1.25. The normalized spacial score (nSPS) is 25.9. The Kier molecular flexibility index (Phi) is 4.57. The molecular formula is C16H19NO4S. The second-order valence-electron chi connectivity index (χ2n) is 6.15. The molecule has 2 bridgehead atoms. The third-order valence-electron chi connectivity index (χ3n) is 4.68. The predicted octanol–water partition coefficient (Wildman–Crippen LogP) is 2.37. The Morgan fingerprint density at radius 2 is 2.14 bits per heavy atom. The van der Waals surface area contributed by atoms with Gasteiger partial charge in [-0.05, 0) is 48.5 Å². The van der Waals surface area contributed by atoms with E-state index in [0.29, 0.717) is 23.1 Å². The van der Waals surface area contributed by atoms with E-state index in [4.69, 9.17) is 4.74 Å². The van der Waals surface area contributed by atoms with Crippen LogP contribution in [0.25, 0.3) is 0 Å². The molecule has 1 heterocycles. The van der Waals surface area contributed by atoms with Crippen molar-refractivity contribution in [2.75, 3.05) is 6.61 Å². The fourth-order valence-electron chi connectivity index (χ4n) is 3.68. The lowest BCUT2D eigenvalue weighted by Crippen LogP contribution is -2.34. The van der Waals surface area contributed by atoms with Crippen molar-refractivity contribution in [2.24, 2.45) is 17.8 Å². The number of hydrogen-bond donors (Lipinski definition) is 1. The lowest BCUT2D eigenvalue weighted by atomic mass is 9.86. The molecule has 2 aliphatic carbocycles. The first-order chi connectivity index (χ1) is 10.6. The number of rotatable bonds is 5. The molecule has 0 unspecified atom stereocenters. The van der Waals surface area contributed by atoms with E-state index < -0.39 is 18.4 Å². The van der Waals surface area contributed by atoms with Crippen molar-refractivity contribution in [3.8, 4) is 0 Å². The highest BCUT2D eigenvalue weighted by Crippen LogP contribution is 2.49. The number of esters is 1. The van der Waals surface area contributed by atoms with E-state index in [1.54, 1.807) is 17.5 Å². The second-order valence-corrected chi connectivity index (χ2v) is 7.10. The number of imide groups is 1. The maximum atomic E-state index is 11.8. The van der Waals surface area contributed by atoms with Gasteiger partial charge in [0.05, 0.1) is 4.88 Å². The van der Waals surface area contributed by atoms with Crippen molar-refractivity contribution < 1.29 is 19.1 Å². The number of amides is 2. The van der Waals surface area contributed by atoms with Gasteiger partial charge in [0, 0.05) is 6.42 Å². The van der Waals surface area contributed by atoms with Crippen LogP contribution in [0, 0.1) is 17.8 Å². The minimum atomic E-state index is -0.584. The molecule has 0 aliphatic heterocycles. The van der Waals surface area contributed by atoms with E-state index in [-0.39, 0.29) is 5.97 Å². The van der Waals surface area contributed by atoms with Crippen molar-refractivity contribution in [3.63, 3.8) is 0 Å². The van der Waals surface area contributed by atoms with E-state index in [0.717, 1.165) is 12.3 Å². The molecule has 2 amide bonds. The zero-order chi connectivity index (χ0) is 15.5. The average molecular weight is 321 g/mol. The highest BCUT2D eigenvalue weighted by Gasteiger charge is 2.40. The van der Waals surface area contributed by atoms with Gasteiger partial charge in [0.25, 0.3) is 11.8 Å². The van der Waals surface area contributed by atoms with Crippen LogP contribution in [-0.4, -0.2) is 24.4 Å². The zero-order valence-electron chi connectivity index (χ0n) is 12.2. The molecule has 1 aromatic heterocycles. The summed E-state index contributed by atoms with van der Waals surface area (Å²) < 4.78 is 4.99. The first-order valence-corrected chi connectivity index (χ1v) is 8.53. The van der Waals surface area contributed by atoms with Crippen molar-refractivity contribution >= 4 is 29.1 Å². The Morgan fingerprint density at radius 1 is 1.27 bits per heavy atom. The monoisotopic (exact) mass is 321 g/mol. The van der Waals surface area contributed by atoms with Gasteiger partial charge in [0.1, 0.15) is 0 Å². The summed E-state index contributed by atoms with van der Waals surface area (Å²) in [6.07, 6.45) is 5.27. The van der Waals surface area contributed by atoms with Crippen LogP contribution in [0.3, 0.4) is 0 Å². The number of ether oxygens (including phenoxy) is 1. The van der Waals surface area contributed by atoms with E-state index in [9.17, 15) is 14.4 Å². The lowest BCUT2D eigenvalue weighted by molar-refractivity contribution is -0.149. The molecule has 0 aromatic carbocycles. The quantitative estimate of drug-likeness (QED) is 0.845. The Bertz CT molecular complexity index is 569. The fraction of sp³-hybridized carbons (Fsp3) is 0.562. The molecule has 6 heteroatoms. The molecule has 2 saturated carbocycles. The van der Waals surface area contributed by atoms with Gasteiger partial charge in [-0.2, -0.15) is 0 Å². The van der Waals surface area contributed by atoms with Gasteiger partial charge < -0.3 is 4.74 Å². The molecule has 2 aliphatic rings. The second kappa shape index (κ2) is 6.60. The third kappa shape index (κ3) is 3.55. The summed E-state index contributed by atoms with van der Waals surface area (Å²) in [7, 11) is 0. The smallest absolute Gasteiger partial charge is 0.306 e. The van der Waals surface area contributed by atoms with Crippen molar-refractivity contribution in [1.29, 1.82) is 0 Å². The first kappa shape index (κ1) is 15.2. The number of hydrogen-bond acceptors (Lipinski definition) is 5. The van der Waals surface area contributed by atoms with Gasteiger partial charge in [-0.3, -0.25) is 19.7 Å². The Hall–Kier alpha value is -1.69. The first-order valence-electron chi connectivity index (χ1n) is 7.65. The summed E-state index contributed by atoms with van der Waals surface area (Å²) in [5.41, 5.74) is 0. The van der Waals surface area contributed by atoms with Crippen LogP contribution in [0.2, 0.25) is 0 Å². The Balaban J connectivity index is 1.37.